The zero-order valence-electron chi connectivity index (χ0n) is 13.8. The van der Waals surface area contributed by atoms with E-state index in [9.17, 15) is 9.59 Å². The summed E-state index contributed by atoms with van der Waals surface area (Å²) < 4.78 is 5.11. The van der Waals surface area contributed by atoms with Crippen molar-refractivity contribution >= 4 is 35.0 Å². The van der Waals surface area contributed by atoms with E-state index in [1.807, 2.05) is 31.2 Å². The normalized spacial score (nSPS) is 17.5. The number of ether oxygens (including phenoxy) is 1. The fourth-order valence-corrected chi connectivity index (χ4v) is 3.22. The van der Waals surface area contributed by atoms with Crippen LogP contribution >= 0.6 is 11.6 Å². The SMILES string of the molecule is Cc1cccc(N2C(=O)c3c(Cl)cccc3NC2[C@H](C)OC(N)=O)c1. The first-order valence-corrected chi connectivity index (χ1v) is 8.17. The fourth-order valence-electron chi connectivity index (χ4n) is 2.96. The zero-order valence-corrected chi connectivity index (χ0v) is 14.6. The van der Waals surface area contributed by atoms with Crippen molar-refractivity contribution in [1.29, 1.82) is 0 Å². The summed E-state index contributed by atoms with van der Waals surface area (Å²) in [6, 6.07) is 12.7. The van der Waals surface area contributed by atoms with Crippen LogP contribution in [0.3, 0.4) is 0 Å². The number of anilines is 2. The molecule has 1 aliphatic rings. The molecule has 7 heteroatoms. The van der Waals surface area contributed by atoms with Gasteiger partial charge in [-0.15, -0.1) is 0 Å². The number of hydrogen-bond donors (Lipinski definition) is 2. The molecule has 0 spiro atoms. The van der Waals surface area contributed by atoms with Crippen molar-refractivity contribution < 1.29 is 14.3 Å². The van der Waals surface area contributed by atoms with Gasteiger partial charge < -0.3 is 15.8 Å². The van der Waals surface area contributed by atoms with Gasteiger partial charge in [0.15, 0.2) is 0 Å². The lowest BCUT2D eigenvalue weighted by atomic mass is 10.0. The molecule has 0 radical (unpaired) electrons. The van der Waals surface area contributed by atoms with Gasteiger partial charge in [0.1, 0.15) is 12.3 Å². The van der Waals surface area contributed by atoms with Gasteiger partial charge in [-0.1, -0.05) is 29.8 Å². The van der Waals surface area contributed by atoms with E-state index in [0.717, 1.165) is 5.56 Å². The number of fused-ring (bicyclic) bond motifs is 1. The minimum absolute atomic E-state index is 0.269. The molecule has 25 heavy (non-hydrogen) atoms. The molecule has 2 aromatic carbocycles. The van der Waals surface area contributed by atoms with Gasteiger partial charge >= 0.3 is 6.09 Å². The molecule has 0 aromatic heterocycles. The summed E-state index contributed by atoms with van der Waals surface area (Å²) in [6.45, 7) is 3.61. The first-order chi connectivity index (χ1) is 11.9. The monoisotopic (exact) mass is 359 g/mol. The van der Waals surface area contributed by atoms with Gasteiger partial charge in [-0.3, -0.25) is 9.69 Å². The molecule has 1 aliphatic heterocycles. The Morgan fingerprint density at radius 2 is 2.04 bits per heavy atom. The van der Waals surface area contributed by atoms with Crippen molar-refractivity contribution in [3.63, 3.8) is 0 Å². The molecule has 0 saturated heterocycles. The Kier molecular flexibility index (Phi) is 4.55. The number of amides is 2. The quantitative estimate of drug-likeness (QED) is 0.877. The summed E-state index contributed by atoms with van der Waals surface area (Å²) >= 11 is 6.24. The highest BCUT2D eigenvalue weighted by Crippen LogP contribution is 2.35. The number of rotatable bonds is 3. The van der Waals surface area contributed by atoms with E-state index < -0.39 is 18.4 Å². The molecule has 1 unspecified atom stereocenters. The lowest BCUT2D eigenvalue weighted by Gasteiger charge is -2.40. The van der Waals surface area contributed by atoms with Crippen LogP contribution < -0.4 is 16.0 Å². The number of nitrogens with two attached hydrogens (primary N) is 1. The van der Waals surface area contributed by atoms with E-state index in [0.29, 0.717) is 22.0 Å². The first-order valence-electron chi connectivity index (χ1n) is 7.80. The van der Waals surface area contributed by atoms with Crippen LogP contribution in [0.25, 0.3) is 0 Å². The maximum Gasteiger partial charge on any atom is 0.404 e. The van der Waals surface area contributed by atoms with Crippen LogP contribution in [0.4, 0.5) is 16.2 Å². The molecule has 0 bridgehead atoms. The van der Waals surface area contributed by atoms with E-state index in [2.05, 4.69) is 5.32 Å². The highest BCUT2D eigenvalue weighted by molar-refractivity contribution is 6.35. The lowest BCUT2D eigenvalue weighted by molar-refractivity contribution is 0.0857. The Hall–Kier alpha value is -2.73. The minimum atomic E-state index is -0.900. The average Bonchev–Trinajstić information content (AvgIpc) is 2.53. The maximum absolute atomic E-state index is 13.2. The van der Waals surface area contributed by atoms with Crippen molar-refractivity contribution in [2.75, 3.05) is 10.2 Å². The summed E-state index contributed by atoms with van der Waals surface area (Å²) in [7, 11) is 0. The van der Waals surface area contributed by atoms with Crippen LogP contribution in [0.1, 0.15) is 22.8 Å². The standard InChI is InChI=1S/C18H18ClN3O3/c1-10-5-3-6-12(9-10)22-16(11(2)25-18(20)24)21-14-8-4-7-13(19)15(14)17(22)23/h3-9,11,16,21H,1-2H3,(H2,20,24)/t11-,16?/m0/s1. The van der Waals surface area contributed by atoms with Crippen molar-refractivity contribution in [2.45, 2.75) is 26.1 Å². The molecule has 0 saturated carbocycles. The summed E-state index contributed by atoms with van der Waals surface area (Å²) in [6.07, 6.45) is -2.19. The van der Waals surface area contributed by atoms with E-state index >= 15 is 0 Å². The van der Waals surface area contributed by atoms with E-state index in [1.54, 1.807) is 25.1 Å². The molecular formula is C18H18ClN3O3. The Bertz CT molecular complexity index is 840. The number of hydrogen-bond acceptors (Lipinski definition) is 4. The predicted molar refractivity (Wildman–Crippen MR) is 97.0 cm³/mol. The number of carbonyl (C=O) groups excluding carboxylic acids is 2. The largest absolute Gasteiger partial charge is 0.442 e. The van der Waals surface area contributed by atoms with Crippen molar-refractivity contribution in [2.24, 2.45) is 5.73 Å². The summed E-state index contributed by atoms with van der Waals surface area (Å²) in [5.74, 6) is -0.269. The number of nitrogens with zero attached hydrogens (tertiary/aromatic N) is 1. The molecule has 0 fully saturated rings. The predicted octanol–water partition coefficient (Wildman–Crippen LogP) is 3.53. The number of primary amides is 1. The number of benzene rings is 2. The number of aryl methyl sites for hydroxylation is 1. The van der Waals surface area contributed by atoms with Crippen LogP contribution in [-0.2, 0) is 4.74 Å². The van der Waals surface area contributed by atoms with Gasteiger partial charge in [-0.25, -0.2) is 4.79 Å². The van der Waals surface area contributed by atoms with Gasteiger partial charge in [-0.2, -0.15) is 0 Å². The zero-order chi connectivity index (χ0) is 18.1. The van der Waals surface area contributed by atoms with Crippen molar-refractivity contribution in [3.8, 4) is 0 Å². The fraction of sp³-hybridized carbons (Fsp3) is 0.222. The molecule has 0 aliphatic carbocycles. The van der Waals surface area contributed by atoms with Crippen LogP contribution in [0.2, 0.25) is 5.02 Å². The number of carbonyl (C=O) groups is 2. The van der Waals surface area contributed by atoms with Crippen molar-refractivity contribution in [1.82, 2.24) is 0 Å². The molecule has 2 amide bonds. The molecule has 130 valence electrons. The van der Waals surface area contributed by atoms with Gasteiger partial charge in [0.25, 0.3) is 5.91 Å². The Morgan fingerprint density at radius 1 is 1.32 bits per heavy atom. The molecule has 3 rings (SSSR count). The summed E-state index contributed by atoms with van der Waals surface area (Å²) in [5.41, 5.74) is 7.79. The molecule has 2 atom stereocenters. The van der Waals surface area contributed by atoms with Gasteiger partial charge in [0.2, 0.25) is 0 Å². The molecule has 3 N–H and O–H groups in total. The topological polar surface area (TPSA) is 84.7 Å². The molecule has 6 nitrogen and oxygen atoms in total. The number of halogens is 1. The van der Waals surface area contributed by atoms with E-state index in [4.69, 9.17) is 22.1 Å². The van der Waals surface area contributed by atoms with Crippen LogP contribution in [-0.4, -0.2) is 24.3 Å². The Morgan fingerprint density at radius 3 is 2.72 bits per heavy atom. The third-order valence-corrected chi connectivity index (χ3v) is 4.37. The highest BCUT2D eigenvalue weighted by Gasteiger charge is 2.38. The maximum atomic E-state index is 13.2. The third-order valence-electron chi connectivity index (χ3n) is 4.05. The average molecular weight is 360 g/mol. The van der Waals surface area contributed by atoms with Crippen LogP contribution in [0.5, 0.6) is 0 Å². The molecule has 2 aromatic rings. The third kappa shape index (κ3) is 3.25. The first kappa shape index (κ1) is 17.1. The highest BCUT2D eigenvalue weighted by atomic mass is 35.5. The van der Waals surface area contributed by atoms with Gasteiger partial charge in [0, 0.05) is 5.69 Å². The van der Waals surface area contributed by atoms with Crippen LogP contribution in [0.15, 0.2) is 42.5 Å². The molecular weight excluding hydrogens is 342 g/mol. The second kappa shape index (κ2) is 6.64. The second-order valence-electron chi connectivity index (χ2n) is 5.91. The van der Waals surface area contributed by atoms with E-state index in [1.165, 1.54) is 4.90 Å². The minimum Gasteiger partial charge on any atom is -0.442 e. The smallest absolute Gasteiger partial charge is 0.404 e. The molecule has 1 heterocycles. The van der Waals surface area contributed by atoms with E-state index in [-0.39, 0.29) is 5.91 Å². The summed E-state index contributed by atoms with van der Waals surface area (Å²) in [5, 5.41) is 3.59. The van der Waals surface area contributed by atoms with Gasteiger partial charge in [-0.05, 0) is 43.7 Å². The van der Waals surface area contributed by atoms with Crippen LogP contribution in [0, 0.1) is 6.92 Å². The second-order valence-corrected chi connectivity index (χ2v) is 6.31. The Labute approximate surface area is 150 Å². The lowest BCUT2D eigenvalue weighted by Crippen LogP contribution is -2.55. The number of nitrogens with one attached hydrogen (secondary N) is 1. The van der Waals surface area contributed by atoms with Crippen molar-refractivity contribution in [3.05, 3.63) is 58.6 Å². The summed E-state index contributed by atoms with van der Waals surface area (Å²) in [4.78, 5) is 25.9. The van der Waals surface area contributed by atoms with Gasteiger partial charge in [0.05, 0.1) is 16.3 Å². The Balaban J connectivity index is 2.11.